The summed E-state index contributed by atoms with van der Waals surface area (Å²) in [6, 6.07) is 0. The summed E-state index contributed by atoms with van der Waals surface area (Å²) < 4.78 is 0. The van der Waals surface area contributed by atoms with Gasteiger partial charge in [-0.05, 0) is 63.6 Å². The van der Waals surface area contributed by atoms with Crippen molar-refractivity contribution in [3.8, 4) is 0 Å². The number of Topliss-reactive ketones (excluding diaryl/α,β-unsaturated/α-hetero) is 1. The van der Waals surface area contributed by atoms with E-state index in [-0.39, 0.29) is 17.7 Å². The van der Waals surface area contributed by atoms with Crippen LogP contribution in [0.1, 0.15) is 39.5 Å². The Balaban J connectivity index is 1.67. The third-order valence-corrected chi connectivity index (χ3v) is 6.12. The Bertz CT molecular complexity index is 632. The van der Waals surface area contributed by atoms with Gasteiger partial charge in [-0.15, -0.1) is 5.06 Å². The monoisotopic (exact) mass is 361 g/mol. The highest BCUT2D eigenvalue weighted by Crippen LogP contribution is 2.45. The van der Waals surface area contributed by atoms with Crippen LogP contribution in [0.3, 0.4) is 0 Å². The van der Waals surface area contributed by atoms with Gasteiger partial charge in [0.25, 0.3) is 0 Å². The van der Waals surface area contributed by atoms with E-state index in [0.717, 1.165) is 31.5 Å². The molecule has 3 aliphatic rings. The Morgan fingerprint density at radius 1 is 1.12 bits per heavy atom. The van der Waals surface area contributed by atoms with E-state index in [1.54, 1.807) is 5.06 Å². The number of carbonyl (C=O) groups is 2. The zero-order valence-electron chi connectivity index (χ0n) is 16.5. The standard InChI is InChI=1S/C20H31N3O3/c1-13-6-7-16(8-18-15(3)19(24)9-17(13)18)14(2)20(25)26-23-11-21(4)10-22(5)12-23/h13,16-17H,2,6-12H2,1,3-5H3/t13?,16-,17?/m0/s1. The Morgan fingerprint density at radius 2 is 1.77 bits per heavy atom. The number of allylic oxidation sites excluding steroid dienone is 2. The summed E-state index contributed by atoms with van der Waals surface area (Å²) in [5.74, 6) is 0.814. The van der Waals surface area contributed by atoms with Crippen LogP contribution in [0.25, 0.3) is 0 Å². The van der Waals surface area contributed by atoms with Crippen molar-refractivity contribution in [2.45, 2.75) is 39.5 Å². The number of ketones is 1. The number of hydroxylamine groups is 2. The van der Waals surface area contributed by atoms with Crippen molar-refractivity contribution in [1.29, 1.82) is 0 Å². The van der Waals surface area contributed by atoms with Crippen LogP contribution in [0, 0.1) is 17.8 Å². The first-order valence-electron chi connectivity index (χ1n) is 9.52. The van der Waals surface area contributed by atoms with E-state index in [4.69, 9.17) is 4.84 Å². The molecule has 0 N–H and O–H groups in total. The molecule has 0 amide bonds. The van der Waals surface area contributed by atoms with Crippen molar-refractivity contribution in [3.05, 3.63) is 23.3 Å². The summed E-state index contributed by atoms with van der Waals surface area (Å²) >= 11 is 0. The molecule has 0 spiro atoms. The van der Waals surface area contributed by atoms with Gasteiger partial charge in [-0.1, -0.05) is 19.1 Å². The van der Waals surface area contributed by atoms with E-state index in [9.17, 15) is 9.59 Å². The Labute approximate surface area is 156 Å². The third-order valence-electron chi connectivity index (χ3n) is 6.12. The first kappa shape index (κ1) is 19.3. The maximum absolute atomic E-state index is 12.7. The summed E-state index contributed by atoms with van der Waals surface area (Å²) in [5, 5.41) is 1.67. The predicted octanol–water partition coefficient (Wildman–Crippen LogP) is 2.39. The van der Waals surface area contributed by atoms with Crippen LogP contribution in [-0.2, 0) is 14.4 Å². The van der Waals surface area contributed by atoms with Crippen molar-refractivity contribution in [2.75, 3.05) is 34.1 Å². The lowest BCUT2D eigenvalue weighted by Gasteiger charge is -2.37. The van der Waals surface area contributed by atoms with Crippen molar-refractivity contribution in [3.63, 3.8) is 0 Å². The van der Waals surface area contributed by atoms with E-state index in [1.807, 2.05) is 21.0 Å². The van der Waals surface area contributed by atoms with Crippen LogP contribution >= 0.6 is 0 Å². The van der Waals surface area contributed by atoms with Crippen LogP contribution < -0.4 is 0 Å². The molecule has 0 aromatic heterocycles. The molecule has 1 saturated heterocycles. The lowest BCUT2D eigenvalue weighted by atomic mass is 9.86. The van der Waals surface area contributed by atoms with E-state index in [2.05, 4.69) is 23.3 Å². The van der Waals surface area contributed by atoms with Gasteiger partial charge in [-0.2, -0.15) is 0 Å². The summed E-state index contributed by atoms with van der Waals surface area (Å²) in [4.78, 5) is 34.6. The number of hydrogen-bond acceptors (Lipinski definition) is 6. The predicted molar refractivity (Wildman–Crippen MR) is 99.5 cm³/mol. The minimum absolute atomic E-state index is 0.0612. The SMILES string of the molecule is C=C(C(=O)ON1CN(C)CN(C)C1)[C@H]1CCC(C)C2CC(=O)C(C)=C2C1. The van der Waals surface area contributed by atoms with E-state index in [1.165, 1.54) is 5.57 Å². The molecule has 26 heavy (non-hydrogen) atoms. The molecule has 144 valence electrons. The van der Waals surface area contributed by atoms with Gasteiger partial charge in [0.15, 0.2) is 5.78 Å². The quantitative estimate of drug-likeness (QED) is 0.720. The second kappa shape index (κ2) is 7.62. The molecule has 0 radical (unpaired) electrons. The number of nitrogens with zero attached hydrogens (tertiary/aromatic N) is 3. The van der Waals surface area contributed by atoms with Crippen LogP contribution in [0.4, 0.5) is 0 Å². The molecule has 1 heterocycles. The van der Waals surface area contributed by atoms with E-state index in [0.29, 0.717) is 37.2 Å². The summed E-state index contributed by atoms with van der Waals surface area (Å²) in [6.45, 7) is 10.3. The molecular formula is C20H31N3O3. The fraction of sp³-hybridized carbons (Fsp3) is 0.700. The number of hydrogen-bond donors (Lipinski definition) is 0. The van der Waals surface area contributed by atoms with Crippen LogP contribution in [-0.4, -0.2) is 60.7 Å². The van der Waals surface area contributed by atoms with Gasteiger partial charge < -0.3 is 4.84 Å². The molecule has 2 unspecified atom stereocenters. The summed E-state index contributed by atoms with van der Waals surface area (Å²) in [7, 11) is 3.98. The summed E-state index contributed by atoms with van der Waals surface area (Å²) in [5.41, 5.74) is 2.69. The Kier molecular flexibility index (Phi) is 5.65. The molecule has 3 rings (SSSR count). The second-order valence-corrected chi connectivity index (χ2v) is 8.36. The smallest absolute Gasteiger partial charge is 0.352 e. The highest BCUT2D eigenvalue weighted by molar-refractivity contribution is 5.98. The topological polar surface area (TPSA) is 53.1 Å². The third kappa shape index (κ3) is 3.92. The molecule has 1 saturated carbocycles. The van der Waals surface area contributed by atoms with Crippen LogP contribution in [0.15, 0.2) is 23.3 Å². The maximum atomic E-state index is 12.7. The molecule has 2 fully saturated rings. The molecule has 6 heteroatoms. The van der Waals surface area contributed by atoms with Gasteiger partial charge in [0.05, 0.1) is 20.0 Å². The van der Waals surface area contributed by atoms with Crippen molar-refractivity contribution < 1.29 is 14.4 Å². The minimum atomic E-state index is -0.340. The first-order valence-corrected chi connectivity index (χ1v) is 9.52. The second-order valence-electron chi connectivity index (χ2n) is 8.36. The Hall–Kier alpha value is -1.50. The highest BCUT2D eigenvalue weighted by atomic mass is 16.7. The van der Waals surface area contributed by atoms with Gasteiger partial charge in [0.1, 0.15) is 0 Å². The summed E-state index contributed by atoms with van der Waals surface area (Å²) in [6.07, 6.45) is 3.34. The fourth-order valence-electron chi connectivity index (χ4n) is 4.60. The minimum Gasteiger partial charge on any atom is -0.362 e. The molecular weight excluding hydrogens is 330 g/mol. The molecule has 3 atom stereocenters. The fourth-order valence-corrected chi connectivity index (χ4v) is 4.60. The Morgan fingerprint density at radius 3 is 2.42 bits per heavy atom. The zero-order valence-corrected chi connectivity index (χ0v) is 16.5. The maximum Gasteiger partial charge on any atom is 0.352 e. The molecule has 2 aliphatic carbocycles. The molecule has 0 aromatic rings. The molecule has 1 aliphatic heterocycles. The van der Waals surface area contributed by atoms with Gasteiger partial charge in [0.2, 0.25) is 0 Å². The number of fused-ring (bicyclic) bond motifs is 1. The highest BCUT2D eigenvalue weighted by Gasteiger charge is 2.38. The largest absolute Gasteiger partial charge is 0.362 e. The average Bonchev–Trinajstić information content (AvgIpc) is 2.74. The van der Waals surface area contributed by atoms with Crippen molar-refractivity contribution in [1.82, 2.24) is 14.9 Å². The van der Waals surface area contributed by atoms with E-state index >= 15 is 0 Å². The first-order chi connectivity index (χ1) is 12.3. The van der Waals surface area contributed by atoms with Gasteiger partial charge in [-0.3, -0.25) is 14.6 Å². The van der Waals surface area contributed by atoms with Gasteiger partial charge in [0, 0.05) is 12.0 Å². The lowest BCUT2D eigenvalue weighted by Crippen LogP contribution is -2.52. The molecule has 0 bridgehead atoms. The molecule has 6 nitrogen and oxygen atoms in total. The van der Waals surface area contributed by atoms with E-state index < -0.39 is 0 Å². The average molecular weight is 361 g/mol. The zero-order chi connectivity index (χ0) is 19.0. The molecule has 0 aromatic carbocycles. The van der Waals surface area contributed by atoms with Crippen LogP contribution in [0.5, 0.6) is 0 Å². The lowest BCUT2D eigenvalue weighted by molar-refractivity contribution is -0.221. The number of rotatable bonds is 3. The number of carbonyl (C=O) groups excluding carboxylic acids is 2. The van der Waals surface area contributed by atoms with Crippen LogP contribution in [0.2, 0.25) is 0 Å². The normalized spacial score (nSPS) is 31.7. The van der Waals surface area contributed by atoms with Crippen molar-refractivity contribution in [2.24, 2.45) is 17.8 Å². The van der Waals surface area contributed by atoms with Gasteiger partial charge in [-0.25, -0.2) is 4.79 Å². The van der Waals surface area contributed by atoms with Crippen molar-refractivity contribution >= 4 is 11.8 Å². The van der Waals surface area contributed by atoms with Gasteiger partial charge >= 0.3 is 5.97 Å².